The Balaban J connectivity index is 1.70. The van der Waals surface area contributed by atoms with Gasteiger partial charge in [-0.05, 0) is 11.1 Å². The highest BCUT2D eigenvalue weighted by molar-refractivity contribution is 7.99. The Kier molecular flexibility index (Phi) is 5.90. The van der Waals surface area contributed by atoms with E-state index in [1.165, 1.54) is 11.8 Å². The van der Waals surface area contributed by atoms with Crippen molar-refractivity contribution in [1.29, 1.82) is 0 Å². The maximum absolute atomic E-state index is 12.8. The minimum atomic E-state index is 0.112. The molecule has 4 nitrogen and oxygen atoms in total. The van der Waals surface area contributed by atoms with Crippen molar-refractivity contribution in [3.63, 3.8) is 0 Å². The SMILES string of the molecule is Cn1ccnc1SCC(=O)N(Cc1ccccc1)Cc1ccccc1. The van der Waals surface area contributed by atoms with Crippen LogP contribution in [0.25, 0.3) is 0 Å². The second kappa shape index (κ2) is 8.53. The molecule has 0 spiro atoms. The van der Waals surface area contributed by atoms with Gasteiger partial charge in [-0.3, -0.25) is 4.79 Å². The maximum atomic E-state index is 12.8. The Morgan fingerprint density at radius 1 is 1.00 bits per heavy atom. The van der Waals surface area contributed by atoms with Crippen LogP contribution in [-0.4, -0.2) is 26.1 Å². The first-order chi connectivity index (χ1) is 12.2. The number of aromatic nitrogens is 2. The number of hydrogen-bond donors (Lipinski definition) is 0. The molecular weight excluding hydrogens is 330 g/mol. The fourth-order valence-corrected chi connectivity index (χ4v) is 3.38. The molecule has 0 saturated heterocycles. The predicted octanol–water partition coefficient (Wildman–Crippen LogP) is 3.74. The summed E-state index contributed by atoms with van der Waals surface area (Å²) >= 11 is 1.47. The summed E-state index contributed by atoms with van der Waals surface area (Å²) in [5, 5.41) is 0.854. The van der Waals surface area contributed by atoms with E-state index in [9.17, 15) is 4.79 Å². The minimum absolute atomic E-state index is 0.112. The number of thioether (sulfide) groups is 1. The molecule has 0 N–H and O–H groups in total. The van der Waals surface area contributed by atoms with Crippen LogP contribution in [0.15, 0.2) is 78.2 Å². The lowest BCUT2D eigenvalue weighted by atomic mass is 10.1. The first kappa shape index (κ1) is 17.3. The van der Waals surface area contributed by atoms with E-state index in [0.29, 0.717) is 18.8 Å². The molecule has 0 saturated carbocycles. The topological polar surface area (TPSA) is 38.1 Å². The summed E-state index contributed by atoms with van der Waals surface area (Å²) in [6.45, 7) is 1.21. The fraction of sp³-hybridized carbons (Fsp3) is 0.200. The van der Waals surface area contributed by atoms with Gasteiger partial charge in [-0.15, -0.1) is 0 Å². The summed E-state index contributed by atoms with van der Waals surface area (Å²) in [6, 6.07) is 20.2. The minimum Gasteiger partial charge on any atom is -0.333 e. The molecule has 0 aliphatic carbocycles. The average Bonchev–Trinajstić information content (AvgIpc) is 3.06. The Hall–Kier alpha value is -2.53. The van der Waals surface area contributed by atoms with Crippen LogP contribution in [0.2, 0.25) is 0 Å². The number of aryl methyl sites for hydroxylation is 1. The van der Waals surface area contributed by atoms with Crippen LogP contribution < -0.4 is 0 Å². The van der Waals surface area contributed by atoms with E-state index < -0.39 is 0 Å². The van der Waals surface area contributed by atoms with Gasteiger partial charge in [-0.1, -0.05) is 72.4 Å². The molecule has 3 rings (SSSR count). The Morgan fingerprint density at radius 3 is 2.04 bits per heavy atom. The zero-order chi connectivity index (χ0) is 17.5. The van der Waals surface area contributed by atoms with Crippen LogP contribution in [-0.2, 0) is 24.9 Å². The van der Waals surface area contributed by atoms with E-state index in [-0.39, 0.29) is 5.91 Å². The van der Waals surface area contributed by atoms with E-state index in [2.05, 4.69) is 29.2 Å². The van der Waals surface area contributed by atoms with Gasteiger partial charge in [0.2, 0.25) is 5.91 Å². The molecule has 0 radical (unpaired) electrons. The summed E-state index contributed by atoms with van der Waals surface area (Å²) in [5.41, 5.74) is 2.27. The lowest BCUT2D eigenvalue weighted by Crippen LogP contribution is -2.31. The molecule has 2 aromatic carbocycles. The van der Waals surface area contributed by atoms with Gasteiger partial charge in [0.05, 0.1) is 5.75 Å². The number of carbonyl (C=O) groups is 1. The number of imidazole rings is 1. The molecule has 1 amide bonds. The summed E-state index contributed by atoms with van der Waals surface area (Å²) in [4.78, 5) is 19.0. The Bertz CT molecular complexity index is 761. The summed E-state index contributed by atoms with van der Waals surface area (Å²) < 4.78 is 1.93. The fourth-order valence-electron chi connectivity index (χ4n) is 2.55. The maximum Gasteiger partial charge on any atom is 0.233 e. The summed E-state index contributed by atoms with van der Waals surface area (Å²) in [6.07, 6.45) is 3.64. The van der Waals surface area contributed by atoms with Gasteiger partial charge in [0.15, 0.2) is 5.16 Å². The largest absolute Gasteiger partial charge is 0.333 e. The molecule has 0 atom stereocenters. The van der Waals surface area contributed by atoms with Crippen molar-refractivity contribution in [2.24, 2.45) is 7.05 Å². The van der Waals surface area contributed by atoms with Gasteiger partial charge in [0, 0.05) is 32.5 Å². The second-order valence-corrected chi connectivity index (χ2v) is 6.77. The van der Waals surface area contributed by atoms with Crippen LogP contribution in [0.1, 0.15) is 11.1 Å². The third kappa shape index (κ3) is 4.97. The summed E-state index contributed by atoms with van der Waals surface area (Å²) in [7, 11) is 1.94. The van der Waals surface area contributed by atoms with Gasteiger partial charge in [0.1, 0.15) is 0 Å². The van der Waals surface area contributed by atoms with Crippen molar-refractivity contribution >= 4 is 17.7 Å². The van der Waals surface area contributed by atoms with Crippen LogP contribution in [0, 0.1) is 0 Å². The first-order valence-corrected chi connectivity index (χ1v) is 9.16. The van der Waals surface area contributed by atoms with Crippen molar-refractivity contribution in [3.8, 4) is 0 Å². The first-order valence-electron chi connectivity index (χ1n) is 8.18. The molecule has 0 aliphatic heterocycles. The Morgan fingerprint density at radius 2 is 1.56 bits per heavy atom. The third-order valence-corrected chi connectivity index (χ3v) is 4.93. The second-order valence-electron chi connectivity index (χ2n) is 5.83. The van der Waals surface area contributed by atoms with Gasteiger partial charge < -0.3 is 9.47 Å². The highest BCUT2D eigenvalue weighted by Gasteiger charge is 2.16. The van der Waals surface area contributed by atoms with Gasteiger partial charge >= 0.3 is 0 Å². The smallest absolute Gasteiger partial charge is 0.233 e. The number of rotatable bonds is 7. The van der Waals surface area contributed by atoms with Crippen molar-refractivity contribution < 1.29 is 4.79 Å². The van der Waals surface area contributed by atoms with Crippen LogP contribution in [0.5, 0.6) is 0 Å². The molecule has 0 aliphatic rings. The van der Waals surface area contributed by atoms with Crippen LogP contribution in [0.3, 0.4) is 0 Å². The number of carbonyl (C=O) groups excluding carboxylic acids is 1. The van der Waals surface area contributed by atoms with E-state index >= 15 is 0 Å². The Labute approximate surface area is 152 Å². The lowest BCUT2D eigenvalue weighted by molar-refractivity contribution is -0.129. The van der Waals surface area contributed by atoms with Crippen molar-refractivity contribution in [2.45, 2.75) is 18.2 Å². The zero-order valence-electron chi connectivity index (χ0n) is 14.2. The molecule has 0 unspecified atom stereocenters. The average molecular weight is 351 g/mol. The zero-order valence-corrected chi connectivity index (χ0v) is 15.0. The standard InChI is InChI=1S/C20H21N3OS/c1-22-13-12-21-20(22)25-16-19(24)23(14-17-8-4-2-5-9-17)15-18-10-6-3-7-11-18/h2-13H,14-16H2,1H3. The van der Waals surface area contributed by atoms with Crippen molar-refractivity contribution in [1.82, 2.24) is 14.5 Å². The number of hydrogen-bond acceptors (Lipinski definition) is 3. The summed E-state index contributed by atoms with van der Waals surface area (Å²) in [5.74, 6) is 0.491. The quantitative estimate of drug-likeness (QED) is 0.609. The molecule has 1 heterocycles. The van der Waals surface area contributed by atoms with Gasteiger partial charge in [-0.25, -0.2) is 4.98 Å². The van der Waals surface area contributed by atoms with Crippen LogP contribution >= 0.6 is 11.8 Å². The molecule has 0 bridgehead atoms. The van der Waals surface area contributed by atoms with Crippen LogP contribution in [0.4, 0.5) is 0 Å². The highest BCUT2D eigenvalue weighted by Crippen LogP contribution is 2.17. The molecular formula is C20H21N3OS. The molecule has 0 fully saturated rings. The molecule has 1 aromatic heterocycles. The monoisotopic (exact) mass is 351 g/mol. The van der Waals surface area contributed by atoms with E-state index in [1.54, 1.807) is 6.20 Å². The number of amides is 1. The normalized spacial score (nSPS) is 10.6. The van der Waals surface area contributed by atoms with E-state index in [4.69, 9.17) is 0 Å². The highest BCUT2D eigenvalue weighted by atomic mass is 32.2. The van der Waals surface area contributed by atoms with E-state index in [0.717, 1.165) is 16.3 Å². The number of benzene rings is 2. The lowest BCUT2D eigenvalue weighted by Gasteiger charge is -2.23. The van der Waals surface area contributed by atoms with Gasteiger partial charge in [-0.2, -0.15) is 0 Å². The molecule has 25 heavy (non-hydrogen) atoms. The predicted molar refractivity (Wildman–Crippen MR) is 101 cm³/mol. The third-order valence-electron chi connectivity index (χ3n) is 3.89. The molecule has 3 aromatic rings. The van der Waals surface area contributed by atoms with Crippen molar-refractivity contribution in [3.05, 3.63) is 84.2 Å². The van der Waals surface area contributed by atoms with Gasteiger partial charge in [0.25, 0.3) is 0 Å². The molecule has 128 valence electrons. The molecule has 5 heteroatoms. The van der Waals surface area contributed by atoms with E-state index in [1.807, 2.05) is 59.1 Å². The van der Waals surface area contributed by atoms with Crippen molar-refractivity contribution in [2.75, 3.05) is 5.75 Å². The number of nitrogens with zero attached hydrogens (tertiary/aromatic N) is 3.